The molecule has 4 amide bonds. The van der Waals surface area contributed by atoms with Gasteiger partial charge >= 0.3 is 5.97 Å². The predicted octanol–water partition coefficient (Wildman–Crippen LogP) is 3.65. The summed E-state index contributed by atoms with van der Waals surface area (Å²) in [6.07, 6.45) is 2.30. The first kappa shape index (κ1) is 46.7. The molecule has 0 fully saturated rings. The first-order chi connectivity index (χ1) is 28.8. The summed E-state index contributed by atoms with van der Waals surface area (Å²) in [7, 11) is 1.41. The Balaban J connectivity index is 0.00000150. The summed E-state index contributed by atoms with van der Waals surface area (Å²) >= 11 is 6.07. The highest BCUT2D eigenvalue weighted by Crippen LogP contribution is 2.40. The molecule has 4 aromatic rings. The number of carbonyl (C=O) groups is 5. The molecule has 3 atom stereocenters. The molecule has 0 spiro atoms. The van der Waals surface area contributed by atoms with E-state index in [4.69, 9.17) is 38.3 Å². The van der Waals surface area contributed by atoms with Gasteiger partial charge in [-0.25, -0.2) is 4.79 Å². The Hall–Kier alpha value is -6.00. The third-order valence-corrected chi connectivity index (χ3v) is 9.78. The third-order valence-electron chi connectivity index (χ3n) is 9.52. The Labute approximate surface area is 354 Å². The summed E-state index contributed by atoms with van der Waals surface area (Å²) in [4.78, 5) is 68.2. The summed E-state index contributed by atoms with van der Waals surface area (Å²) in [5.41, 5.74) is 20.2. The van der Waals surface area contributed by atoms with Gasteiger partial charge in [-0.3, -0.25) is 19.2 Å². The fourth-order valence-corrected chi connectivity index (χ4v) is 6.49. The smallest absolute Gasteiger partial charge is 0.326 e. The van der Waals surface area contributed by atoms with Gasteiger partial charge < -0.3 is 52.6 Å². The number of fused-ring (bicyclic) bond motifs is 5. The van der Waals surface area contributed by atoms with Crippen molar-refractivity contribution in [3.05, 3.63) is 107 Å². The van der Waals surface area contributed by atoms with Crippen LogP contribution < -0.4 is 42.6 Å². The van der Waals surface area contributed by atoms with Crippen molar-refractivity contribution in [2.24, 2.45) is 17.2 Å². The van der Waals surface area contributed by atoms with E-state index >= 15 is 0 Å². The fraction of sp³-hybridized carbons (Fsp3) is 0.341. The molecule has 320 valence electrons. The molecule has 1 heterocycles. The van der Waals surface area contributed by atoms with Gasteiger partial charge in [-0.1, -0.05) is 67.4 Å². The van der Waals surface area contributed by atoms with Crippen LogP contribution >= 0.6 is 11.6 Å². The molecule has 2 unspecified atom stereocenters. The van der Waals surface area contributed by atoms with Crippen molar-refractivity contribution in [2.45, 2.75) is 51.2 Å². The SMILES string of the molecule is CCCCN.C[C@@H]1NC(=O)C(N(C)C(=O)CNC(=O)c2ccccc2-c2ccc(Cl)cc2)c2ccc(OCCN)c(c2)-c2cc(ccc2OCCN)CC(C(=O)O)NC1=O. The maximum Gasteiger partial charge on any atom is 0.326 e. The minimum Gasteiger partial charge on any atom is -0.492 e. The maximum atomic E-state index is 14.1. The number of nitrogens with zero attached hydrogens (tertiary/aromatic N) is 1. The van der Waals surface area contributed by atoms with Crippen molar-refractivity contribution >= 4 is 41.2 Å². The van der Waals surface area contributed by atoms with Crippen LogP contribution in [-0.2, 0) is 25.6 Å². The van der Waals surface area contributed by atoms with Crippen molar-refractivity contribution in [1.29, 1.82) is 0 Å². The Morgan fingerprint density at radius 3 is 2.07 bits per heavy atom. The van der Waals surface area contributed by atoms with Gasteiger partial charge in [0.05, 0.1) is 6.54 Å². The first-order valence-electron chi connectivity index (χ1n) is 19.7. The quantitative estimate of drug-likeness (QED) is 0.0967. The van der Waals surface area contributed by atoms with E-state index in [9.17, 15) is 29.1 Å². The average molecular weight is 844 g/mol. The number of hydrogen-bond acceptors (Lipinski definition) is 10. The molecule has 4 aromatic carbocycles. The summed E-state index contributed by atoms with van der Waals surface area (Å²) in [6, 6.07) is 20.0. The minimum absolute atomic E-state index is 0.0830. The molecule has 4 bridgehead atoms. The Morgan fingerprint density at radius 1 is 0.833 bits per heavy atom. The number of unbranched alkanes of at least 4 members (excludes halogenated alkanes) is 1. The number of carbonyl (C=O) groups excluding carboxylic acids is 4. The van der Waals surface area contributed by atoms with Crippen LogP contribution in [0, 0.1) is 0 Å². The van der Waals surface area contributed by atoms with E-state index in [-0.39, 0.29) is 32.7 Å². The molecular weight excluding hydrogens is 790 g/mol. The van der Waals surface area contributed by atoms with Crippen molar-refractivity contribution in [2.75, 3.05) is 46.4 Å². The predicted molar refractivity (Wildman–Crippen MR) is 231 cm³/mol. The zero-order valence-electron chi connectivity index (χ0n) is 34.0. The lowest BCUT2D eigenvalue weighted by Gasteiger charge is -2.30. The van der Waals surface area contributed by atoms with E-state index in [1.807, 2.05) is 0 Å². The van der Waals surface area contributed by atoms with E-state index in [1.54, 1.807) is 84.9 Å². The van der Waals surface area contributed by atoms with Gasteiger partial charge in [-0.15, -0.1) is 0 Å². The first-order valence-corrected chi connectivity index (χ1v) is 20.1. The van der Waals surface area contributed by atoms with Gasteiger partial charge in [0, 0.05) is 48.3 Å². The molecule has 15 nitrogen and oxygen atoms in total. The monoisotopic (exact) mass is 843 g/mol. The van der Waals surface area contributed by atoms with E-state index in [2.05, 4.69) is 22.9 Å². The number of likely N-dealkylation sites (N-methyl/N-ethyl adjacent to an activating group) is 1. The second-order valence-electron chi connectivity index (χ2n) is 14.0. The fourth-order valence-electron chi connectivity index (χ4n) is 6.36. The zero-order chi connectivity index (χ0) is 43.8. The molecule has 10 N–H and O–H groups in total. The normalized spacial score (nSPS) is 16.1. The number of hydrogen-bond donors (Lipinski definition) is 7. The lowest BCUT2D eigenvalue weighted by atomic mass is 9.93. The topological polar surface area (TPSA) is 241 Å². The maximum absolute atomic E-state index is 14.1. The van der Waals surface area contributed by atoms with Gasteiger partial charge in [0.2, 0.25) is 17.7 Å². The van der Waals surface area contributed by atoms with E-state index in [0.717, 1.165) is 12.1 Å². The minimum atomic E-state index is -1.34. The standard InChI is InChI=1S/C40H43ClN6O8.C4H11N/c1-23-37(49)46-32(40(52)53)20-24-7-13-33(54-17-15-42)30(19-24)31-21-26(10-14-34(31)55-18-16-43)36(39(51)45-23)47(2)35(48)22-44-38(50)29-6-4-3-5-28(29)25-8-11-27(41)12-9-25;1-2-3-4-5/h3-14,19,21,23,32,36H,15-18,20,22,42-43H2,1-2H3,(H,44,50)(H,45,51)(H,46,49)(H,52,53);2-5H2,1H3/t23-,32?,36?;/m0./s1. The second-order valence-corrected chi connectivity index (χ2v) is 14.4. The zero-order valence-corrected chi connectivity index (χ0v) is 34.8. The molecule has 1 aliphatic heterocycles. The van der Waals surface area contributed by atoms with E-state index in [1.165, 1.54) is 31.7 Å². The molecular formula is C44H54ClN7O8. The number of aliphatic carboxylic acids is 1. The van der Waals surface area contributed by atoms with Crippen LogP contribution in [0.25, 0.3) is 22.3 Å². The molecule has 0 radical (unpaired) electrons. The van der Waals surface area contributed by atoms with Gasteiger partial charge in [0.1, 0.15) is 42.8 Å². The van der Waals surface area contributed by atoms with Crippen LogP contribution in [0.15, 0.2) is 84.9 Å². The van der Waals surface area contributed by atoms with Crippen LogP contribution in [0.3, 0.4) is 0 Å². The summed E-state index contributed by atoms with van der Waals surface area (Å²) in [6.45, 7) is 4.63. The van der Waals surface area contributed by atoms with Crippen molar-refractivity contribution in [3.8, 4) is 33.8 Å². The highest BCUT2D eigenvalue weighted by Gasteiger charge is 2.33. The van der Waals surface area contributed by atoms with Crippen molar-refractivity contribution < 1.29 is 38.6 Å². The number of nitrogens with two attached hydrogens (primary N) is 3. The van der Waals surface area contributed by atoms with Crippen molar-refractivity contribution in [3.63, 3.8) is 0 Å². The number of nitrogens with one attached hydrogen (secondary N) is 3. The Kier molecular flexibility index (Phi) is 17.9. The summed E-state index contributed by atoms with van der Waals surface area (Å²) < 4.78 is 12.0. The largest absolute Gasteiger partial charge is 0.492 e. The van der Waals surface area contributed by atoms with Gasteiger partial charge in [0.15, 0.2) is 0 Å². The number of benzene rings is 4. The summed E-state index contributed by atoms with van der Waals surface area (Å²) in [5, 5.41) is 18.4. The molecule has 0 aliphatic carbocycles. The van der Waals surface area contributed by atoms with Crippen LogP contribution in [0.4, 0.5) is 0 Å². The van der Waals surface area contributed by atoms with Crippen LogP contribution in [0.5, 0.6) is 11.5 Å². The number of ether oxygens (including phenoxy) is 2. The molecule has 5 rings (SSSR count). The summed E-state index contributed by atoms with van der Waals surface area (Å²) in [5.74, 6) is -3.13. The molecule has 0 saturated heterocycles. The number of amides is 4. The average Bonchev–Trinajstić information content (AvgIpc) is 3.24. The third kappa shape index (κ3) is 12.5. The lowest BCUT2D eigenvalue weighted by Crippen LogP contribution is -2.53. The van der Waals surface area contributed by atoms with Gasteiger partial charge in [-0.2, -0.15) is 0 Å². The van der Waals surface area contributed by atoms with E-state index < -0.39 is 54.3 Å². The molecule has 1 aliphatic rings. The number of carboxylic acids is 1. The Morgan fingerprint density at radius 2 is 1.47 bits per heavy atom. The Bertz CT molecular complexity index is 2110. The number of rotatable bonds is 14. The van der Waals surface area contributed by atoms with E-state index in [0.29, 0.717) is 49.9 Å². The lowest BCUT2D eigenvalue weighted by molar-refractivity contribution is -0.142. The molecule has 16 heteroatoms. The molecule has 60 heavy (non-hydrogen) atoms. The molecule has 0 aromatic heterocycles. The number of halogens is 1. The number of carboxylic acid groups (broad SMARTS) is 1. The highest BCUT2D eigenvalue weighted by molar-refractivity contribution is 6.30. The van der Waals surface area contributed by atoms with Gasteiger partial charge in [0.25, 0.3) is 5.91 Å². The van der Waals surface area contributed by atoms with Crippen molar-refractivity contribution in [1.82, 2.24) is 20.9 Å². The highest BCUT2D eigenvalue weighted by atomic mass is 35.5. The van der Waals surface area contributed by atoms with Gasteiger partial charge in [-0.05, 0) is 84.6 Å². The van der Waals surface area contributed by atoms with Crippen LogP contribution in [0.1, 0.15) is 54.2 Å². The molecule has 0 saturated carbocycles. The second kappa shape index (κ2) is 23.0. The van der Waals surface area contributed by atoms with Crippen LogP contribution in [-0.4, -0.2) is 98.1 Å². The van der Waals surface area contributed by atoms with Crippen LogP contribution in [0.2, 0.25) is 5.02 Å².